The minimum atomic E-state index is -0.775. The molecule has 1 aromatic carbocycles. The third-order valence-electron chi connectivity index (χ3n) is 9.48. The minimum Gasteiger partial charge on any atom is -0.507 e. The summed E-state index contributed by atoms with van der Waals surface area (Å²) >= 11 is 0. The van der Waals surface area contributed by atoms with E-state index in [1.54, 1.807) is 39.0 Å². The van der Waals surface area contributed by atoms with E-state index in [4.69, 9.17) is 24.2 Å². The molecule has 57 heavy (non-hydrogen) atoms. The van der Waals surface area contributed by atoms with Gasteiger partial charge in [0, 0.05) is 42.4 Å². The van der Waals surface area contributed by atoms with Crippen molar-refractivity contribution in [3.63, 3.8) is 0 Å². The Balaban J connectivity index is 2.59. The average molecular weight is 786 g/mol. The molecule has 10 nitrogen and oxygen atoms in total. The van der Waals surface area contributed by atoms with Crippen molar-refractivity contribution in [2.24, 2.45) is 15.9 Å². The lowest BCUT2D eigenvalue weighted by Gasteiger charge is -2.27. The number of phenols is 1. The number of aliphatic hydroxyl groups is 1. The number of carbonyl (C=O) groups is 2. The smallest absolute Gasteiger partial charge is 0.162 e. The molecule has 0 saturated carbocycles. The summed E-state index contributed by atoms with van der Waals surface area (Å²) in [5, 5.41) is 26.4. The maximum absolute atomic E-state index is 12.1. The molecule has 0 fully saturated rings. The predicted molar refractivity (Wildman–Crippen MR) is 232 cm³/mol. The van der Waals surface area contributed by atoms with E-state index in [1.165, 1.54) is 0 Å². The number of phenolic OH excluding ortho intramolecular Hbond substituents is 1. The van der Waals surface area contributed by atoms with Gasteiger partial charge < -0.3 is 29.7 Å². The van der Waals surface area contributed by atoms with Gasteiger partial charge in [0.2, 0.25) is 0 Å². The molecule has 1 aliphatic rings. The molecule has 3 N–H and O–H groups in total. The fraction of sp³-hybridized carbons (Fsp3) is 0.511. The van der Waals surface area contributed by atoms with Gasteiger partial charge in [-0.3, -0.25) is 9.59 Å². The van der Waals surface area contributed by atoms with Gasteiger partial charge in [-0.2, -0.15) is 0 Å². The first-order chi connectivity index (χ1) is 27.3. The van der Waals surface area contributed by atoms with Crippen LogP contribution in [0.25, 0.3) is 0 Å². The Morgan fingerprint density at radius 1 is 0.930 bits per heavy atom. The zero-order chi connectivity index (χ0) is 42.3. The topological polar surface area (TPSA) is 139 Å². The standard InChI is InChI=1S/C47H67N3O7/c1-11-16-17-18-28-56-40(21-14-4)31-33(7)43(53)35(9)45-48-46(37(15-5)23-22-32(6)36(10)55-29-26-38(51)19-12-2)50-47(49-45)41-24-25-42(34(8)44(41)54)57-30-27-39(52)20-13-3/h14-15,21-25,37,45,53-54H,5,11-13,16-20,26-30H2,1-4,6-10H3,(H,48,49,50)/b21-14-,23-22?,36-32+,43-35-. The quantitative estimate of drug-likeness (QED) is 0.0277. The molecule has 1 aromatic rings. The van der Waals surface area contributed by atoms with Gasteiger partial charge in [0.1, 0.15) is 40.8 Å². The Labute approximate surface area is 341 Å². The number of allylic oxidation sites excluding steroid dienone is 5. The Hall–Kier alpha value is -5.08. The number of aliphatic hydroxyl groups excluding tert-OH is 1. The van der Waals surface area contributed by atoms with E-state index in [0.29, 0.717) is 84.3 Å². The maximum atomic E-state index is 12.1. The number of unbranched alkanes of at least 4 members (excludes halogenated alkanes) is 3. The molecule has 0 aliphatic carbocycles. The Bertz CT molecular complexity index is 1790. The number of hydrogen-bond donors (Lipinski definition) is 3. The second-order valence-corrected chi connectivity index (χ2v) is 14.3. The van der Waals surface area contributed by atoms with Crippen molar-refractivity contribution in [1.29, 1.82) is 0 Å². The Morgan fingerprint density at radius 2 is 1.61 bits per heavy atom. The predicted octanol–water partition coefficient (Wildman–Crippen LogP) is 10.8. The second-order valence-electron chi connectivity index (χ2n) is 14.3. The van der Waals surface area contributed by atoms with Crippen LogP contribution < -0.4 is 10.1 Å². The first-order valence-electron chi connectivity index (χ1n) is 20.5. The van der Waals surface area contributed by atoms with E-state index >= 15 is 0 Å². The lowest BCUT2D eigenvalue weighted by Crippen LogP contribution is -2.42. The normalized spacial score (nSPS) is 15.4. The second kappa shape index (κ2) is 26.0. The number of hydrogen-bond acceptors (Lipinski definition) is 10. The van der Waals surface area contributed by atoms with E-state index in [9.17, 15) is 19.8 Å². The van der Waals surface area contributed by atoms with Crippen LogP contribution >= 0.6 is 0 Å². The summed E-state index contributed by atoms with van der Waals surface area (Å²) in [5.74, 6) is 2.26. The molecule has 2 atom stereocenters. The molecular formula is C47H67N3O7. The zero-order valence-electron chi connectivity index (χ0n) is 35.9. The first kappa shape index (κ1) is 48.1. The number of aromatic hydroxyl groups is 1. The van der Waals surface area contributed by atoms with Gasteiger partial charge in [-0.05, 0) is 84.6 Å². The fourth-order valence-corrected chi connectivity index (χ4v) is 5.81. The maximum Gasteiger partial charge on any atom is 0.162 e. The fourth-order valence-electron chi connectivity index (χ4n) is 5.81. The average Bonchev–Trinajstić information content (AvgIpc) is 3.19. The van der Waals surface area contributed by atoms with Crippen LogP contribution in [0.3, 0.4) is 0 Å². The minimum absolute atomic E-state index is 0.00938. The SMILES string of the molecule is C=CC(C=C/C(C)=C(\C)OCCC(=O)CCC)C1=NC(c2ccc(OCCC(=O)CCC)c(C)c2O)=NC(/C(C)=C(\O)C(C)=C=C(/C=C\C)OCCCCCC)N1. The van der Waals surface area contributed by atoms with Gasteiger partial charge >= 0.3 is 0 Å². The number of nitrogens with one attached hydrogen (secondary N) is 1. The van der Waals surface area contributed by atoms with Crippen LogP contribution in [0.1, 0.15) is 131 Å². The van der Waals surface area contributed by atoms with Crippen LogP contribution in [0.5, 0.6) is 11.5 Å². The highest BCUT2D eigenvalue weighted by Gasteiger charge is 2.27. The third-order valence-corrected chi connectivity index (χ3v) is 9.48. The molecule has 312 valence electrons. The highest BCUT2D eigenvalue weighted by Crippen LogP contribution is 2.33. The lowest BCUT2D eigenvalue weighted by atomic mass is 10.0. The van der Waals surface area contributed by atoms with E-state index in [0.717, 1.165) is 44.1 Å². The molecular weight excluding hydrogens is 719 g/mol. The molecule has 0 aromatic heterocycles. The molecule has 0 spiro atoms. The van der Waals surface area contributed by atoms with Gasteiger partial charge in [0.25, 0.3) is 0 Å². The number of carbonyl (C=O) groups excluding carboxylic acids is 2. The van der Waals surface area contributed by atoms with Crippen molar-refractivity contribution in [1.82, 2.24) is 5.32 Å². The van der Waals surface area contributed by atoms with Gasteiger partial charge in [-0.15, -0.1) is 6.58 Å². The molecule has 2 rings (SSSR count). The number of aliphatic imine (C=N–C) groups is 2. The number of benzene rings is 1. The molecule has 0 saturated heterocycles. The summed E-state index contributed by atoms with van der Waals surface area (Å²) in [5.41, 5.74) is 5.93. The van der Waals surface area contributed by atoms with E-state index < -0.39 is 12.1 Å². The van der Waals surface area contributed by atoms with E-state index in [-0.39, 0.29) is 35.5 Å². The van der Waals surface area contributed by atoms with Crippen LogP contribution in [-0.2, 0) is 19.1 Å². The number of Topliss-reactive ketones (excluding diaryl/α,β-unsaturated/α-hetero) is 2. The number of ketones is 2. The Kier molecular flexibility index (Phi) is 21.9. The van der Waals surface area contributed by atoms with Gasteiger partial charge in [-0.1, -0.05) is 70.1 Å². The van der Waals surface area contributed by atoms with Crippen LogP contribution in [0.4, 0.5) is 0 Å². The molecule has 0 bridgehead atoms. The summed E-state index contributed by atoms with van der Waals surface area (Å²) in [7, 11) is 0. The number of rotatable bonds is 26. The van der Waals surface area contributed by atoms with Crippen LogP contribution in [-0.4, -0.2) is 59.4 Å². The van der Waals surface area contributed by atoms with Crippen molar-refractivity contribution in [3.8, 4) is 11.5 Å². The van der Waals surface area contributed by atoms with Gasteiger partial charge in [0.15, 0.2) is 11.6 Å². The summed E-state index contributed by atoms with van der Waals surface area (Å²) in [6.07, 6.45) is 16.1. The van der Waals surface area contributed by atoms with Crippen molar-refractivity contribution in [2.45, 2.75) is 133 Å². The van der Waals surface area contributed by atoms with Crippen molar-refractivity contribution >= 4 is 23.2 Å². The van der Waals surface area contributed by atoms with Crippen molar-refractivity contribution in [2.75, 3.05) is 19.8 Å². The Morgan fingerprint density at radius 3 is 2.25 bits per heavy atom. The third kappa shape index (κ3) is 16.1. The highest BCUT2D eigenvalue weighted by molar-refractivity contribution is 6.11. The summed E-state index contributed by atoms with van der Waals surface area (Å²) < 4.78 is 17.8. The molecule has 2 unspecified atom stereocenters. The van der Waals surface area contributed by atoms with Crippen LogP contribution in [0, 0.1) is 12.8 Å². The zero-order valence-corrected chi connectivity index (χ0v) is 35.9. The number of ether oxygens (including phenoxy) is 3. The number of nitrogens with zero attached hydrogens (tertiary/aromatic N) is 2. The monoisotopic (exact) mass is 785 g/mol. The first-order valence-corrected chi connectivity index (χ1v) is 20.5. The van der Waals surface area contributed by atoms with E-state index in [2.05, 4.69) is 24.6 Å². The molecule has 10 heteroatoms. The lowest BCUT2D eigenvalue weighted by molar-refractivity contribution is -0.120. The largest absolute Gasteiger partial charge is 0.507 e. The molecule has 1 aliphatic heterocycles. The van der Waals surface area contributed by atoms with E-state index in [1.807, 2.05) is 58.9 Å². The van der Waals surface area contributed by atoms with Crippen LogP contribution in [0.2, 0.25) is 0 Å². The van der Waals surface area contributed by atoms with Crippen molar-refractivity contribution < 1.29 is 34.0 Å². The van der Waals surface area contributed by atoms with Gasteiger partial charge in [-0.25, -0.2) is 9.98 Å². The number of amidine groups is 2. The van der Waals surface area contributed by atoms with Crippen LogP contribution in [0.15, 0.2) is 98.8 Å². The molecule has 0 radical (unpaired) electrons. The highest BCUT2D eigenvalue weighted by atomic mass is 16.5. The summed E-state index contributed by atoms with van der Waals surface area (Å²) in [4.78, 5) is 33.8. The summed E-state index contributed by atoms with van der Waals surface area (Å²) in [6, 6.07) is 3.43. The summed E-state index contributed by atoms with van der Waals surface area (Å²) in [6.45, 7) is 22.3. The molecule has 0 amide bonds. The van der Waals surface area contributed by atoms with Crippen molar-refractivity contribution in [3.05, 3.63) is 99.9 Å². The van der Waals surface area contributed by atoms with Gasteiger partial charge in [0.05, 0.1) is 37.1 Å². The molecule has 1 heterocycles.